The first-order chi connectivity index (χ1) is 6.19. The maximum atomic E-state index is 2.38. The lowest BCUT2D eigenvalue weighted by Crippen LogP contribution is -1.99. The Morgan fingerprint density at radius 2 is 1.77 bits per heavy atom. The van der Waals surface area contributed by atoms with Crippen LogP contribution in [0.25, 0.3) is 0 Å². The summed E-state index contributed by atoms with van der Waals surface area (Å²) < 4.78 is 0. The first kappa shape index (κ1) is 11.1. The van der Waals surface area contributed by atoms with Crippen LogP contribution in [0.3, 0.4) is 0 Å². The zero-order valence-corrected chi connectivity index (χ0v) is 9.84. The van der Waals surface area contributed by atoms with Gasteiger partial charge >= 0.3 is 0 Å². The Morgan fingerprint density at radius 1 is 1.15 bits per heavy atom. The fraction of sp³-hybridized carbons (Fsp3) is 1.00. The summed E-state index contributed by atoms with van der Waals surface area (Å²) in [5, 5.41) is 0. The molecule has 0 amide bonds. The maximum Gasteiger partial charge on any atom is -0.0360 e. The van der Waals surface area contributed by atoms with Crippen molar-refractivity contribution in [3.63, 3.8) is 0 Å². The number of hydrogen-bond acceptors (Lipinski definition) is 0. The molecule has 0 radical (unpaired) electrons. The van der Waals surface area contributed by atoms with Gasteiger partial charge in [0.25, 0.3) is 0 Å². The molecule has 1 fully saturated rings. The Balaban J connectivity index is 2.08. The normalized spacial score (nSPS) is 27.2. The summed E-state index contributed by atoms with van der Waals surface area (Å²) in [5.41, 5.74) is 0. The van der Waals surface area contributed by atoms with Gasteiger partial charge in [0.2, 0.25) is 0 Å². The third-order valence-corrected chi connectivity index (χ3v) is 3.93. The van der Waals surface area contributed by atoms with E-state index in [0.717, 1.165) is 23.7 Å². The molecule has 2 atom stereocenters. The molecule has 2 unspecified atom stereocenters. The molecule has 0 heterocycles. The molecule has 0 heteroatoms. The molecule has 0 N–H and O–H groups in total. The first-order valence-electron chi connectivity index (χ1n) is 6.19. The smallest absolute Gasteiger partial charge is 0.0360 e. The SMILES string of the molecule is CCC(CC)CCC1CC1C(C)C. The second-order valence-electron chi connectivity index (χ2n) is 5.16. The molecule has 1 rings (SSSR count). The van der Waals surface area contributed by atoms with Crippen molar-refractivity contribution in [3.05, 3.63) is 0 Å². The van der Waals surface area contributed by atoms with Gasteiger partial charge in [-0.1, -0.05) is 47.0 Å². The van der Waals surface area contributed by atoms with Crippen LogP contribution >= 0.6 is 0 Å². The molecule has 0 spiro atoms. The molecule has 0 saturated heterocycles. The van der Waals surface area contributed by atoms with Crippen LogP contribution < -0.4 is 0 Å². The van der Waals surface area contributed by atoms with Crippen molar-refractivity contribution in [1.82, 2.24) is 0 Å². The molecular formula is C13H26. The van der Waals surface area contributed by atoms with E-state index in [-0.39, 0.29) is 0 Å². The quantitative estimate of drug-likeness (QED) is 0.567. The zero-order chi connectivity index (χ0) is 9.84. The molecule has 78 valence electrons. The third kappa shape index (κ3) is 3.32. The molecule has 0 aromatic carbocycles. The standard InChI is InChI=1S/C13H26/c1-5-11(6-2)7-8-12-9-13(12)10(3)4/h10-13H,5-9H2,1-4H3. The van der Waals surface area contributed by atoms with Crippen molar-refractivity contribution in [2.24, 2.45) is 23.7 Å². The molecule has 1 aliphatic rings. The van der Waals surface area contributed by atoms with E-state index >= 15 is 0 Å². The predicted octanol–water partition coefficient (Wildman–Crippen LogP) is 4.49. The highest BCUT2D eigenvalue weighted by Crippen LogP contribution is 2.47. The van der Waals surface area contributed by atoms with Gasteiger partial charge in [-0.05, 0) is 36.5 Å². The Morgan fingerprint density at radius 3 is 2.15 bits per heavy atom. The van der Waals surface area contributed by atoms with E-state index < -0.39 is 0 Å². The zero-order valence-electron chi connectivity index (χ0n) is 9.84. The molecule has 0 nitrogen and oxygen atoms in total. The van der Waals surface area contributed by atoms with Crippen LogP contribution in [0.15, 0.2) is 0 Å². The monoisotopic (exact) mass is 182 g/mol. The third-order valence-electron chi connectivity index (χ3n) is 3.93. The van der Waals surface area contributed by atoms with Crippen molar-refractivity contribution < 1.29 is 0 Å². The van der Waals surface area contributed by atoms with Crippen molar-refractivity contribution >= 4 is 0 Å². The van der Waals surface area contributed by atoms with Gasteiger partial charge in [0.05, 0.1) is 0 Å². The van der Waals surface area contributed by atoms with Gasteiger partial charge in [0.15, 0.2) is 0 Å². The van der Waals surface area contributed by atoms with Gasteiger partial charge in [-0.25, -0.2) is 0 Å². The van der Waals surface area contributed by atoms with Gasteiger partial charge in [-0.2, -0.15) is 0 Å². The summed E-state index contributed by atoms with van der Waals surface area (Å²) in [6, 6.07) is 0. The Hall–Kier alpha value is 0. The van der Waals surface area contributed by atoms with E-state index in [9.17, 15) is 0 Å². The molecule has 1 saturated carbocycles. The minimum absolute atomic E-state index is 0.937. The summed E-state index contributed by atoms with van der Waals surface area (Å²) in [5.74, 6) is 4.12. The Bertz CT molecular complexity index is 133. The van der Waals surface area contributed by atoms with Crippen LogP contribution in [-0.4, -0.2) is 0 Å². The van der Waals surface area contributed by atoms with E-state index in [4.69, 9.17) is 0 Å². The fourth-order valence-corrected chi connectivity index (χ4v) is 2.57. The minimum Gasteiger partial charge on any atom is -0.0651 e. The molecule has 13 heavy (non-hydrogen) atoms. The molecule has 1 aliphatic carbocycles. The molecular weight excluding hydrogens is 156 g/mol. The molecule has 0 bridgehead atoms. The maximum absolute atomic E-state index is 2.38. The van der Waals surface area contributed by atoms with Crippen molar-refractivity contribution in [3.8, 4) is 0 Å². The number of rotatable bonds is 6. The minimum atomic E-state index is 0.937. The summed E-state index contributed by atoms with van der Waals surface area (Å²) in [4.78, 5) is 0. The van der Waals surface area contributed by atoms with E-state index in [1.165, 1.54) is 32.1 Å². The van der Waals surface area contributed by atoms with Crippen LogP contribution in [0.2, 0.25) is 0 Å². The Labute approximate surface area is 84.1 Å². The van der Waals surface area contributed by atoms with E-state index in [1.807, 2.05) is 0 Å². The summed E-state index contributed by atoms with van der Waals surface area (Å²) in [7, 11) is 0. The van der Waals surface area contributed by atoms with Crippen LogP contribution in [0.4, 0.5) is 0 Å². The topological polar surface area (TPSA) is 0 Å². The van der Waals surface area contributed by atoms with Crippen LogP contribution in [0.1, 0.15) is 59.8 Å². The average Bonchev–Trinajstić information content (AvgIpc) is 2.86. The van der Waals surface area contributed by atoms with Gasteiger partial charge in [0, 0.05) is 0 Å². The second-order valence-corrected chi connectivity index (χ2v) is 5.16. The van der Waals surface area contributed by atoms with Gasteiger partial charge < -0.3 is 0 Å². The van der Waals surface area contributed by atoms with Crippen LogP contribution in [-0.2, 0) is 0 Å². The summed E-state index contributed by atoms with van der Waals surface area (Å²) in [6.45, 7) is 9.42. The molecule has 0 aliphatic heterocycles. The first-order valence-corrected chi connectivity index (χ1v) is 6.19. The van der Waals surface area contributed by atoms with Crippen molar-refractivity contribution in [1.29, 1.82) is 0 Å². The summed E-state index contributed by atoms with van der Waals surface area (Å²) >= 11 is 0. The molecule has 0 aromatic heterocycles. The summed E-state index contributed by atoms with van der Waals surface area (Å²) in [6.07, 6.45) is 7.29. The van der Waals surface area contributed by atoms with Crippen LogP contribution in [0.5, 0.6) is 0 Å². The fourth-order valence-electron chi connectivity index (χ4n) is 2.57. The van der Waals surface area contributed by atoms with E-state index in [0.29, 0.717) is 0 Å². The van der Waals surface area contributed by atoms with Gasteiger partial charge in [-0.3, -0.25) is 0 Å². The highest BCUT2D eigenvalue weighted by Gasteiger charge is 2.38. The van der Waals surface area contributed by atoms with E-state index in [2.05, 4.69) is 27.7 Å². The molecule has 0 aromatic rings. The van der Waals surface area contributed by atoms with Gasteiger partial charge in [-0.15, -0.1) is 0 Å². The van der Waals surface area contributed by atoms with Crippen molar-refractivity contribution in [2.75, 3.05) is 0 Å². The number of hydrogen-bond donors (Lipinski definition) is 0. The lowest BCUT2D eigenvalue weighted by atomic mass is 9.95. The van der Waals surface area contributed by atoms with E-state index in [1.54, 1.807) is 0 Å². The lowest BCUT2D eigenvalue weighted by Gasteiger charge is -2.11. The Kier molecular flexibility index (Phi) is 4.28. The predicted molar refractivity (Wildman–Crippen MR) is 59.7 cm³/mol. The highest BCUT2D eigenvalue weighted by molar-refractivity contribution is 4.88. The second kappa shape index (κ2) is 5.02. The largest absolute Gasteiger partial charge is 0.0651 e. The lowest BCUT2D eigenvalue weighted by molar-refractivity contribution is 0.407. The van der Waals surface area contributed by atoms with Crippen molar-refractivity contribution in [2.45, 2.75) is 59.8 Å². The highest BCUT2D eigenvalue weighted by atomic mass is 14.4. The van der Waals surface area contributed by atoms with Gasteiger partial charge in [0.1, 0.15) is 0 Å². The van der Waals surface area contributed by atoms with Crippen LogP contribution in [0, 0.1) is 23.7 Å². The average molecular weight is 182 g/mol.